The van der Waals surface area contributed by atoms with Crippen LogP contribution in [-0.4, -0.2) is 0 Å². The van der Waals surface area contributed by atoms with Crippen LogP contribution in [0, 0.1) is 24.5 Å². The zero-order chi connectivity index (χ0) is 21.7. The third-order valence-electron chi connectivity index (χ3n) is 4.94. The molecule has 1 aromatic rings. The minimum Gasteiger partial charge on any atom is -0.207 e. The topological polar surface area (TPSA) is 0 Å². The fourth-order valence-electron chi connectivity index (χ4n) is 3.24. The third-order valence-corrected chi connectivity index (χ3v) is 4.94. The summed E-state index contributed by atoms with van der Waals surface area (Å²) in [6.07, 6.45) is 11.3. The van der Waals surface area contributed by atoms with Gasteiger partial charge in [-0.2, -0.15) is 0 Å². The lowest BCUT2D eigenvalue weighted by atomic mass is 9.86. The molecule has 0 N–H and O–H groups in total. The highest BCUT2D eigenvalue weighted by molar-refractivity contribution is 5.77. The van der Waals surface area contributed by atoms with Gasteiger partial charge in [-0.25, -0.2) is 8.78 Å². The molecule has 0 saturated heterocycles. The van der Waals surface area contributed by atoms with Crippen molar-refractivity contribution in [3.8, 4) is 0 Å². The van der Waals surface area contributed by atoms with Crippen LogP contribution in [0.25, 0.3) is 5.57 Å². The first kappa shape index (κ1) is 26.3. The minimum absolute atomic E-state index is 0.0531. The number of allylic oxidation sites excluding steroid dienone is 5. The van der Waals surface area contributed by atoms with E-state index in [-0.39, 0.29) is 5.56 Å². The summed E-state index contributed by atoms with van der Waals surface area (Å²) in [5, 5.41) is 0. The Balaban J connectivity index is 0.00000352. The Kier molecular flexibility index (Phi) is 13.5. The lowest BCUT2D eigenvalue weighted by molar-refractivity contribution is 0.495. The fourth-order valence-corrected chi connectivity index (χ4v) is 3.24. The Bertz CT molecular complexity index is 642. The van der Waals surface area contributed by atoms with Crippen molar-refractivity contribution in [3.63, 3.8) is 0 Å². The number of hydrogen-bond donors (Lipinski definition) is 0. The van der Waals surface area contributed by atoms with E-state index in [2.05, 4.69) is 39.5 Å². The molecule has 0 radical (unpaired) electrons. The molecule has 0 fully saturated rings. The normalized spacial score (nSPS) is 13.0. The summed E-state index contributed by atoms with van der Waals surface area (Å²) in [5.74, 6) is -0.510. The molecular formula is C26H40F2. The third kappa shape index (κ3) is 8.12. The molecule has 1 rings (SSSR count). The van der Waals surface area contributed by atoms with Crippen molar-refractivity contribution < 1.29 is 8.78 Å². The minimum atomic E-state index is -0.523. The Labute approximate surface area is 172 Å². The second-order valence-corrected chi connectivity index (χ2v) is 7.11. The first-order valence-electron chi connectivity index (χ1n) is 10.9. The van der Waals surface area contributed by atoms with E-state index in [1.807, 2.05) is 20.8 Å². The van der Waals surface area contributed by atoms with E-state index in [1.54, 1.807) is 0 Å². The van der Waals surface area contributed by atoms with E-state index in [4.69, 9.17) is 0 Å². The molecule has 0 aliphatic rings. The van der Waals surface area contributed by atoms with E-state index in [1.165, 1.54) is 43.9 Å². The molecule has 1 aromatic carbocycles. The van der Waals surface area contributed by atoms with Gasteiger partial charge < -0.3 is 0 Å². The highest BCUT2D eigenvalue weighted by Crippen LogP contribution is 2.30. The van der Waals surface area contributed by atoms with Crippen LogP contribution in [-0.2, 0) is 0 Å². The quantitative estimate of drug-likeness (QED) is 0.349. The van der Waals surface area contributed by atoms with Gasteiger partial charge >= 0.3 is 0 Å². The van der Waals surface area contributed by atoms with Crippen LogP contribution in [0.4, 0.5) is 8.78 Å². The van der Waals surface area contributed by atoms with Gasteiger partial charge in [0.2, 0.25) is 0 Å². The number of rotatable bonds is 10. The first-order valence-corrected chi connectivity index (χ1v) is 10.9. The largest absolute Gasteiger partial charge is 0.207 e. The maximum absolute atomic E-state index is 13.9. The molecule has 0 saturated carbocycles. The second kappa shape index (κ2) is 14.3. The lowest BCUT2D eigenvalue weighted by Gasteiger charge is -2.19. The van der Waals surface area contributed by atoms with Gasteiger partial charge in [0.25, 0.3) is 0 Å². The lowest BCUT2D eigenvalue weighted by Crippen LogP contribution is -2.04. The van der Waals surface area contributed by atoms with Crippen molar-refractivity contribution in [1.29, 1.82) is 0 Å². The number of benzene rings is 1. The van der Waals surface area contributed by atoms with Gasteiger partial charge in [0, 0.05) is 5.56 Å². The second-order valence-electron chi connectivity index (χ2n) is 7.11. The highest BCUT2D eigenvalue weighted by atomic mass is 19.1. The Morgan fingerprint density at radius 1 is 1.04 bits per heavy atom. The van der Waals surface area contributed by atoms with Crippen LogP contribution < -0.4 is 0 Å². The highest BCUT2D eigenvalue weighted by Gasteiger charge is 2.14. The molecule has 158 valence electrons. The number of unbranched alkanes of at least 4 members (excludes halogenated alkanes) is 1. The SMILES string of the molecule is C=C(/C(C)=C\C(=C/CC)C(CCC)CCCC)c1cc(F)c(C)c(F)c1.CC. The van der Waals surface area contributed by atoms with E-state index < -0.39 is 11.6 Å². The molecule has 1 unspecified atom stereocenters. The molecule has 28 heavy (non-hydrogen) atoms. The van der Waals surface area contributed by atoms with E-state index in [0.29, 0.717) is 17.1 Å². The van der Waals surface area contributed by atoms with Crippen LogP contribution in [0.3, 0.4) is 0 Å². The summed E-state index contributed by atoms with van der Waals surface area (Å²) >= 11 is 0. The van der Waals surface area contributed by atoms with Crippen LogP contribution in [0.2, 0.25) is 0 Å². The molecular weight excluding hydrogens is 350 g/mol. The molecule has 0 heterocycles. The summed E-state index contributed by atoms with van der Waals surface area (Å²) in [5.41, 5.74) is 3.53. The van der Waals surface area contributed by atoms with Gasteiger partial charge in [0.05, 0.1) is 0 Å². The van der Waals surface area contributed by atoms with Crippen LogP contribution in [0.15, 0.2) is 42.0 Å². The molecule has 0 aliphatic carbocycles. The summed E-state index contributed by atoms with van der Waals surface area (Å²) in [6, 6.07) is 2.75. The molecule has 0 spiro atoms. The molecule has 2 heteroatoms. The summed E-state index contributed by atoms with van der Waals surface area (Å²) < 4.78 is 27.8. The Hall–Kier alpha value is -1.70. The summed E-state index contributed by atoms with van der Waals surface area (Å²) in [6.45, 7) is 18.1. The van der Waals surface area contributed by atoms with E-state index >= 15 is 0 Å². The Morgan fingerprint density at radius 3 is 2.07 bits per heavy atom. The van der Waals surface area contributed by atoms with E-state index in [9.17, 15) is 8.78 Å². The van der Waals surface area contributed by atoms with Crippen molar-refractivity contribution in [1.82, 2.24) is 0 Å². The number of hydrogen-bond acceptors (Lipinski definition) is 0. The van der Waals surface area contributed by atoms with Crippen molar-refractivity contribution in [2.45, 2.75) is 87.0 Å². The maximum atomic E-state index is 13.9. The predicted molar refractivity (Wildman–Crippen MR) is 122 cm³/mol. The molecule has 0 amide bonds. The fraction of sp³-hybridized carbons (Fsp3) is 0.538. The van der Waals surface area contributed by atoms with Gasteiger partial charge in [-0.05, 0) is 73.4 Å². The van der Waals surface area contributed by atoms with Crippen LogP contribution in [0.5, 0.6) is 0 Å². The maximum Gasteiger partial charge on any atom is 0.129 e. The molecule has 1 atom stereocenters. The van der Waals surface area contributed by atoms with Gasteiger partial charge in [0.1, 0.15) is 11.6 Å². The van der Waals surface area contributed by atoms with Crippen molar-refractivity contribution in [2.24, 2.45) is 5.92 Å². The van der Waals surface area contributed by atoms with E-state index in [0.717, 1.165) is 24.8 Å². The van der Waals surface area contributed by atoms with Gasteiger partial charge in [0.15, 0.2) is 0 Å². The summed E-state index contributed by atoms with van der Waals surface area (Å²) in [4.78, 5) is 0. The monoisotopic (exact) mass is 390 g/mol. The van der Waals surface area contributed by atoms with Crippen molar-refractivity contribution >= 4 is 5.57 Å². The molecule has 0 bridgehead atoms. The zero-order valence-corrected chi connectivity index (χ0v) is 19.1. The standard InChI is InChI=1S/C24H34F2.C2H6/c1-7-10-13-20(11-8-2)21(12-9-3)14-17(4)18(5)22-15-23(25)19(6)24(26)16-22;1-2/h12,14-16,20H,5,7-11,13H2,1-4,6H3;1-2H3/b17-14-,21-12+;. The summed E-state index contributed by atoms with van der Waals surface area (Å²) in [7, 11) is 0. The number of halogens is 2. The van der Waals surface area contributed by atoms with Crippen LogP contribution in [0.1, 0.15) is 91.2 Å². The average Bonchev–Trinajstić information content (AvgIpc) is 2.69. The molecule has 0 aromatic heterocycles. The first-order chi connectivity index (χ1) is 13.3. The van der Waals surface area contributed by atoms with Gasteiger partial charge in [-0.15, -0.1) is 0 Å². The smallest absolute Gasteiger partial charge is 0.129 e. The zero-order valence-electron chi connectivity index (χ0n) is 19.1. The predicted octanol–water partition coefficient (Wildman–Crippen LogP) is 9.20. The molecule has 0 aliphatic heterocycles. The van der Waals surface area contributed by atoms with Crippen molar-refractivity contribution in [3.05, 3.63) is 64.8 Å². The van der Waals surface area contributed by atoms with Crippen molar-refractivity contribution in [2.75, 3.05) is 0 Å². The van der Waals surface area contributed by atoms with Gasteiger partial charge in [-0.3, -0.25) is 0 Å². The van der Waals surface area contributed by atoms with Gasteiger partial charge in [-0.1, -0.05) is 72.6 Å². The van der Waals surface area contributed by atoms with Crippen LogP contribution >= 0.6 is 0 Å². The Morgan fingerprint density at radius 2 is 1.61 bits per heavy atom. The average molecular weight is 391 g/mol. The molecule has 0 nitrogen and oxygen atoms in total.